The molecule has 0 radical (unpaired) electrons. The molecule has 3 aromatic carbocycles. The fourth-order valence-corrected chi connectivity index (χ4v) is 3.80. The number of anilines is 1. The van der Waals surface area contributed by atoms with Crippen molar-refractivity contribution in [3.8, 4) is 5.75 Å². The second-order valence-corrected chi connectivity index (χ2v) is 7.89. The molecule has 1 heterocycles. The summed E-state index contributed by atoms with van der Waals surface area (Å²) in [5, 5.41) is 11.6. The summed E-state index contributed by atoms with van der Waals surface area (Å²) in [7, 11) is 0. The van der Waals surface area contributed by atoms with Crippen molar-refractivity contribution in [1.29, 1.82) is 0 Å². The van der Waals surface area contributed by atoms with E-state index in [4.69, 9.17) is 0 Å². The summed E-state index contributed by atoms with van der Waals surface area (Å²) < 4.78 is 0. The summed E-state index contributed by atoms with van der Waals surface area (Å²) in [5.41, 5.74) is 5.56. The van der Waals surface area contributed by atoms with Gasteiger partial charge in [0.15, 0.2) is 0 Å². The number of phenols is 1. The van der Waals surface area contributed by atoms with Gasteiger partial charge in [-0.15, -0.1) is 0 Å². The van der Waals surface area contributed by atoms with Gasteiger partial charge in [-0.25, -0.2) is 9.69 Å². The van der Waals surface area contributed by atoms with Gasteiger partial charge in [0.25, 0.3) is 11.8 Å². The number of nitrogens with zero attached hydrogens (tertiary/aromatic N) is 1. The van der Waals surface area contributed by atoms with Crippen molar-refractivity contribution in [3.63, 3.8) is 0 Å². The van der Waals surface area contributed by atoms with Crippen molar-refractivity contribution in [3.05, 3.63) is 100 Å². The molecule has 0 bridgehead atoms. The number of carbonyl (C=O) groups excluding carboxylic acids is 3. The molecule has 0 aromatic heterocycles. The summed E-state index contributed by atoms with van der Waals surface area (Å²) in [6.07, 6.45) is 2.25. The summed E-state index contributed by atoms with van der Waals surface area (Å²) in [4.78, 5) is 38.4. The van der Waals surface area contributed by atoms with E-state index in [1.165, 1.54) is 47.0 Å². The van der Waals surface area contributed by atoms with Gasteiger partial charge in [-0.1, -0.05) is 53.6 Å². The molecule has 160 valence electrons. The number of imide groups is 2. The molecule has 1 aliphatic heterocycles. The van der Waals surface area contributed by atoms with Gasteiger partial charge >= 0.3 is 6.03 Å². The van der Waals surface area contributed by atoms with Crippen molar-refractivity contribution < 1.29 is 19.5 Å². The standard InChI is InChI=1S/C26H22N2O4/c1-16-11-17(2)13-20(12-16)14-18-3-5-19(6-4-18)15-23-24(30)27-26(32)28(25(23)31)21-7-9-22(29)10-8-21/h3-13,15,29H,14H2,1-2H3,(H,27,30,32)/b23-15+. The zero-order chi connectivity index (χ0) is 22.8. The highest BCUT2D eigenvalue weighted by Crippen LogP contribution is 2.24. The number of rotatable bonds is 4. The van der Waals surface area contributed by atoms with E-state index in [9.17, 15) is 19.5 Å². The van der Waals surface area contributed by atoms with Crippen LogP contribution in [0.3, 0.4) is 0 Å². The van der Waals surface area contributed by atoms with Crippen LogP contribution >= 0.6 is 0 Å². The molecule has 6 nitrogen and oxygen atoms in total. The second-order valence-electron chi connectivity index (χ2n) is 7.89. The van der Waals surface area contributed by atoms with Crippen LogP contribution in [-0.4, -0.2) is 23.0 Å². The molecule has 6 heteroatoms. The van der Waals surface area contributed by atoms with Gasteiger partial charge in [0.2, 0.25) is 0 Å². The fraction of sp³-hybridized carbons (Fsp3) is 0.115. The Bertz CT molecular complexity index is 1220. The maximum atomic E-state index is 12.9. The second kappa shape index (κ2) is 8.51. The van der Waals surface area contributed by atoms with Gasteiger partial charge < -0.3 is 5.11 Å². The maximum Gasteiger partial charge on any atom is 0.335 e. The van der Waals surface area contributed by atoms with Crippen molar-refractivity contribution in [2.45, 2.75) is 20.3 Å². The first-order valence-electron chi connectivity index (χ1n) is 10.2. The third kappa shape index (κ3) is 4.44. The number of urea groups is 1. The largest absolute Gasteiger partial charge is 0.508 e. The number of carbonyl (C=O) groups is 3. The number of nitrogens with one attached hydrogen (secondary N) is 1. The number of aryl methyl sites for hydroxylation is 2. The van der Waals surface area contributed by atoms with Crippen molar-refractivity contribution in [1.82, 2.24) is 5.32 Å². The lowest BCUT2D eigenvalue weighted by molar-refractivity contribution is -0.122. The molecule has 0 saturated carbocycles. The third-order valence-corrected chi connectivity index (χ3v) is 5.19. The van der Waals surface area contributed by atoms with Crippen LogP contribution in [0.4, 0.5) is 10.5 Å². The van der Waals surface area contributed by atoms with Gasteiger partial charge in [0, 0.05) is 0 Å². The smallest absolute Gasteiger partial charge is 0.335 e. The number of hydrogen-bond donors (Lipinski definition) is 2. The summed E-state index contributed by atoms with van der Waals surface area (Å²) in [6.45, 7) is 4.15. The van der Waals surface area contributed by atoms with Crippen LogP contribution in [0.5, 0.6) is 5.75 Å². The van der Waals surface area contributed by atoms with Gasteiger partial charge in [-0.2, -0.15) is 0 Å². The molecule has 4 rings (SSSR count). The fourth-order valence-electron chi connectivity index (χ4n) is 3.80. The Labute approximate surface area is 185 Å². The number of aromatic hydroxyl groups is 1. The Kier molecular flexibility index (Phi) is 5.60. The highest BCUT2D eigenvalue weighted by Gasteiger charge is 2.36. The Morgan fingerprint density at radius 3 is 2.09 bits per heavy atom. The Morgan fingerprint density at radius 1 is 0.844 bits per heavy atom. The summed E-state index contributed by atoms with van der Waals surface area (Å²) in [5.74, 6) is -1.45. The molecule has 32 heavy (non-hydrogen) atoms. The molecule has 3 aromatic rings. The van der Waals surface area contributed by atoms with E-state index >= 15 is 0 Å². The minimum absolute atomic E-state index is 0.00590. The van der Waals surface area contributed by atoms with Crippen LogP contribution in [0.25, 0.3) is 6.08 Å². The van der Waals surface area contributed by atoms with Gasteiger partial charge in [0.1, 0.15) is 11.3 Å². The predicted molar refractivity (Wildman–Crippen MR) is 122 cm³/mol. The van der Waals surface area contributed by atoms with E-state index in [2.05, 4.69) is 37.4 Å². The summed E-state index contributed by atoms with van der Waals surface area (Å²) in [6, 6.07) is 18.8. The van der Waals surface area contributed by atoms with Gasteiger partial charge in [-0.05, 0) is 67.3 Å². The Hall–Kier alpha value is -4.19. The Morgan fingerprint density at radius 2 is 1.47 bits per heavy atom. The van der Waals surface area contributed by atoms with E-state index in [1.807, 2.05) is 24.3 Å². The minimum atomic E-state index is -0.827. The maximum absolute atomic E-state index is 12.9. The van der Waals surface area contributed by atoms with Crippen LogP contribution in [0.15, 0.2) is 72.3 Å². The molecule has 1 fully saturated rings. The van der Waals surface area contributed by atoms with E-state index in [0.29, 0.717) is 5.56 Å². The van der Waals surface area contributed by atoms with E-state index < -0.39 is 17.8 Å². The Balaban J connectivity index is 1.57. The van der Waals surface area contributed by atoms with Crippen LogP contribution in [0, 0.1) is 13.8 Å². The van der Waals surface area contributed by atoms with E-state index in [0.717, 1.165) is 16.9 Å². The topological polar surface area (TPSA) is 86.7 Å². The number of amides is 4. The third-order valence-electron chi connectivity index (χ3n) is 5.19. The first-order chi connectivity index (χ1) is 15.3. The average Bonchev–Trinajstić information content (AvgIpc) is 2.73. The highest BCUT2D eigenvalue weighted by atomic mass is 16.3. The number of barbiturate groups is 1. The lowest BCUT2D eigenvalue weighted by atomic mass is 9.99. The minimum Gasteiger partial charge on any atom is -0.508 e. The first-order valence-corrected chi connectivity index (χ1v) is 10.2. The van der Waals surface area contributed by atoms with E-state index in [-0.39, 0.29) is 17.0 Å². The predicted octanol–water partition coefficient (Wildman–Crippen LogP) is 4.27. The van der Waals surface area contributed by atoms with Crippen LogP contribution in [-0.2, 0) is 16.0 Å². The molecule has 0 aliphatic carbocycles. The van der Waals surface area contributed by atoms with E-state index in [1.54, 1.807) is 0 Å². The number of benzene rings is 3. The molecular weight excluding hydrogens is 404 g/mol. The molecule has 0 spiro atoms. The molecule has 0 atom stereocenters. The van der Waals surface area contributed by atoms with Crippen LogP contribution < -0.4 is 10.2 Å². The molecular formula is C26H22N2O4. The van der Waals surface area contributed by atoms with Crippen molar-refractivity contribution in [2.75, 3.05) is 4.90 Å². The van der Waals surface area contributed by atoms with Crippen LogP contribution in [0.1, 0.15) is 27.8 Å². The lowest BCUT2D eigenvalue weighted by Crippen LogP contribution is -2.54. The monoisotopic (exact) mass is 426 g/mol. The molecule has 0 unspecified atom stereocenters. The zero-order valence-electron chi connectivity index (χ0n) is 17.8. The first kappa shape index (κ1) is 21.1. The van der Waals surface area contributed by atoms with Crippen molar-refractivity contribution >= 4 is 29.6 Å². The molecule has 1 saturated heterocycles. The highest BCUT2D eigenvalue weighted by molar-refractivity contribution is 6.39. The SMILES string of the molecule is Cc1cc(C)cc(Cc2ccc(/C=C3\C(=O)NC(=O)N(c4ccc(O)cc4)C3=O)cc2)c1. The lowest BCUT2D eigenvalue weighted by Gasteiger charge is -2.26. The number of phenolic OH excluding ortho intramolecular Hbond substituents is 1. The van der Waals surface area contributed by atoms with Crippen LogP contribution in [0.2, 0.25) is 0 Å². The summed E-state index contributed by atoms with van der Waals surface area (Å²) >= 11 is 0. The van der Waals surface area contributed by atoms with Gasteiger partial charge in [0.05, 0.1) is 5.69 Å². The van der Waals surface area contributed by atoms with Crippen molar-refractivity contribution in [2.24, 2.45) is 0 Å². The number of hydrogen-bond acceptors (Lipinski definition) is 4. The molecule has 4 amide bonds. The molecule has 2 N–H and O–H groups in total. The average molecular weight is 426 g/mol. The zero-order valence-corrected chi connectivity index (χ0v) is 17.8. The quantitative estimate of drug-likeness (QED) is 0.482. The molecule has 1 aliphatic rings. The normalized spacial score (nSPS) is 15.2. The van der Waals surface area contributed by atoms with Gasteiger partial charge in [-0.3, -0.25) is 14.9 Å².